The minimum atomic E-state index is -3.15. The average Bonchev–Trinajstić information content (AvgIpc) is 3.03. The molecule has 0 amide bonds. The van der Waals surface area contributed by atoms with Crippen molar-refractivity contribution in [2.75, 3.05) is 18.9 Å². The molecule has 0 aliphatic heterocycles. The topological polar surface area (TPSA) is 111 Å². The summed E-state index contributed by atoms with van der Waals surface area (Å²) in [4.78, 5) is 23.8. The molecule has 2 aromatic carbocycles. The molecular formula is C20H19F3N4O5. The van der Waals surface area contributed by atoms with Crippen molar-refractivity contribution in [3.8, 4) is 22.9 Å². The van der Waals surface area contributed by atoms with E-state index >= 15 is 0 Å². The molecule has 170 valence electrons. The number of anilines is 1. The van der Waals surface area contributed by atoms with Crippen molar-refractivity contribution >= 4 is 11.7 Å². The Bertz CT molecular complexity index is 1190. The molecule has 32 heavy (non-hydrogen) atoms. The Hall–Kier alpha value is -3.96. The van der Waals surface area contributed by atoms with Crippen LogP contribution in [0, 0.1) is 12.7 Å². The Morgan fingerprint density at radius 3 is 2.50 bits per heavy atom. The molecule has 0 atom stereocenters. The molecule has 1 aromatic heterocycles. The van der Waals surface area contributed by atoms with Gasteiger partial charge in [-0.2, -0.15) is 13.5 Å². The molecular weight excluding hydrogens is 433 g/mol. The molecule has 0 saturated carbocycles. The zero-order valence-corrected chi connectivity index (χ0v) is 17.0. The van der Waals surface area contributed by atoms with Gasteiger partial charge in [-0.25, -0.2) is 18.5 Å². The normalized spacial score (nSPS) is 10.9. The van der Waals surface area contributed by atoms with Gasteiger partial charge in [-0.1, -0.05) is 12.1 Å². The van der Waals surface area contributed by atoms with Crippen LogP contribution in [0.4, 0.5) is 18.9 Å². The number of esters is 1. The van der Waals surface area contributed by atoms with Crippen LogP contribution in [0.15, 0.2) is 41.2 Å². The number of carbonyl (C=O) groups excluding carboxylic acids is 1. The van der Waals surface area contributed by atoms with E-state index in [4.69, 9.17) is 19.9 Å². The number of aromatic nitrogens is 3. The molecule has 0 bridgehead atoms. The van der Waals surface area contributed by atoms with E-state index < -0.39 is 29.7 Å². The summed E-state index contributed by atoms with van der Waals surface area (Å²) in [6.07, 6.45) is 0. The van der Waals surface area contributed by atoms with Gasteiger partial charge in [-0.3, -0.25) is 0 Å². The summed E-state index contributed by atoms with van der Waals surface area (Å²) in [5, 5.41) is 3.70. The molecule has 9 nitrogen and oxygen atoms in total. The number of nitrogens with two attached hydrogens (primary N) is 1. The van der Waals surface area contributed by atoms with Crippen molar-refractivity contribution in [1.29, 1.82) is 0 Å². The Morgan fingerprint density at radius 1 is 1.19 bits per heavy atom. The largest absolute Gasteiger partial charge is 0.478 e. The molecule has 0 fully saturated rings. The van der Waals surface area contributed by atoms with Gasteiger partial charge < -0.3 is 19.9 Å². The Labute approximate surface area is 179 Å². The van der Waals surface area contributed by atoms with Crippen LogP contribution >= 0.6 is 0 Å². The van der Waals surface area contributed by atoms with Crippen molar-refractivity contribution in [2.24, 2.45) is 0 Å². The Morgan fingerprint density at radius 2 is 1.88 bits per heavy atom. The summed E-state index contributed by atoms with van der Waals surface area (Å²) in [5.41, 5.74) is 4.03. The fourth-order valence-electron chi connectivity index (χ4n) is 2.78. The minimum absolute atomic E-state index is 0.0928. The van der Waals surface area contributed by atoms with Gasteiger partial charge in [0.1, 0.15) is 11.5 Å². The first-order chi connectivity index (χ1) is 15.2. The lowest BCUT2D eigenvalue weighted by molar-refractivity contribution is -0.145. The number of para-hydroxylation sites is 2. The number of halogens is 3. The number of carbonyl (C=O) groups is 1. The van der Waals surface area contributed by atoms with E-state index in [1.807, 2.05) is 0 Å². The standard InChI is InChI=1S/C20H19F3N4O5/c1-3-30-18(28)10-31-15-6-4-5-7-16(15)32-17-9-14(12(21)8-13(17)24)27-20(29)26(19(22)23)11(2)25-27/h4-9,19H,3,10,24H2,1-2H3. The first-order valence-electron chi connectivity index (χ1n) is 9.34. The molecule has 12 heteroatoms. The van der Waals surface area contributed by atoms with Crippen molar-refractivity contribution in [2.45, 2.75) is 20.4 Å². The zero-order chi connectivity index (χ0) is 23.4. The number of benzene rings is 2. The van der Waals surface area contributed by atoms with E-state index in [-0.39, 0.29) is 46.5 Å². The lowest BCUT2D eigenvalue weighted by Crippen LogP contribution is -2.25. The molecule has 0 aliphatic rings. The van der Waals surface area contributed by atoms with Gasteiger partial charge in [0.05, 0.1) is 12.3 Å². The second-order valence-corrected chi connectivity index (χ2v) is 6.37. The summed E-state index contributed by atoms with van der Waals surface area (Å²) >= 11 is 0. The van der Waals surface area contributed by atoms with Gasteiger partial charge in [-0.05, 0) is 26.0 Å². The molecule has 2 N–H and O–H groups in total. The predicted molar refractivity (Wildman–Crippen MR) is 107 cm³/mol. The molecule has 0 spiro atoms. The van der Waals surface area contributed by atoms with Crippen LogP contribution in [0.5, 0.6) is 17.2 Å². The maximum atomic E-state index is 14.5. The predicted octanol–water partition coefficient (Wildman–Crippen LogP) is 3.19. The first-order valence-corrected chi connectivity index (χ1v) is 9.34. The Kier molecular flexibility index (Phi) is 6.71. The molecule has 3 rings (SSSR count). The van der Waals surface area contributed by atoms with Crippen LogP contribution in [0.2, 0.25) is 0 Å². The van der Waals surface area contributed by atoms with Crippen molar-refractivity contribution in [1.82, 2.24) is 14.3 Å². The highest BCUT2D eigenvalue weighted by atomic mass is 19.3. The van der Waals surface area contributed by atoms with Crippen molar-refractivity contribution in [3.05, 3.63) is 58.5 Å². The molecule has 0 unspecified atom stereocenters. The second kappa shape index (κ2) is 9.45. The number of nitrogens with zero attached hydrogens (tertiary/aromatic N) is 3. The molecule has 1 heterocycles. The van der Waals surface area contributed by atoms with Crippen LogP contribution in [-0.2, 0) is 9.53 Å². The first kappa shape index (κ1) is 22.7. The fraction of sp³-hybridized carbons (Fsp3) is 0.250. The number of hydrogen-bond acceptors (Lipinski definition) is 7. The summed E-state index contributed by atoms with van der Waals surface area (Å²) in [6, 6.07) is 8.20. The third-order valence-corrected chi connectivity index (χ3v) is 4.20. The van der Waals surface area contributed by atoms with E-state index in [1.165, 1.54) is 19.1 Å². The van der Waals surface area contributed by atoms with Crippen LogP contribution in [0.3, 0.4) is 0 Å². The fourth-order valence-corrected chi connectivity index (χ4v) is 2.78. The third kappa shape index (κ3) is 4.68. The lowest BCUT2D eigenvalue weighted by atomic mass is 10.2. The van der Waals surface area contributed by atoms with E-state index in [0.717, 1.165) is 12.1 Å². The van der Waals surface area contributed by atoms with Crippen molar-refractivity contribution in [3.63, 3.8) is 0 Å². The van der Waals surface area contributed by atoms with Gasteiger partial charge in [0, 0.05) is 12.1 Å². The smallest absolute Gasteiger partial charge is 0.355 e. The highest BCUT2D eigenvalue weighted by Gasteiger charge is 2.22. The van der Waals surface area contributed by atoms with E-state index in [9.17, 15) is 22.8 Å². The quantitative estimate of drug-likeness (QED) is 0.413. The summed E-state index contributed by atoms with van der Waals surface area (Å²) in [6.45, 7) is -0.491. The highest BCUT2D eigenvalue weighted by Crippen LogP contribution is 2.36. The molecule has 3 aromatic rings. The molecule has 0 saturated heterocycles. The van der Waals surface area contributed by atoms with Crippen molar-refractivity contribution < 1.29 is 32.2 Å². The SMILES string of the molecule is CCOC(=O)COc1ccccc1Oc1cc(-n2nc(C)n(C(F)F)c2=O)c(F)cc1N. The maximum Gasteiger partial charge on any atom is 0.355 e. The van der Waals surface area contributed by atoms with Gasteiger partial charge in [-0.15, -0.1) is 5.10 Å². The van der Waals surface area contributed by atoms with Crippen LogP contribution < -0.4 is 20.9 Å². The lowest BCUT2D eigenvalue weighted by Gasteiger charge is -2.14. The zero-order valence-electron chi connectivity index (χ0n) is 17.0. The summed E-state index contributed by atoms with van der Waals surface area (Å²) in [7, 11) is 0. The number of ether oxygens (including phenoxy) is 3. The molecule has 0 aliphatic carbocycles. The highest BCUT2D eigenvalue weighted by molar-refractivity contribution is 5.71. The van der Waals surface area contributed by atoms with Crippen LogP contribution in [0.1, 0.15) is 19.3 Å². The van der Waals surface area contributed by atoms with E-state index in [1.54, 1.807) is 19.1 Å². The van der Waals surface area contributed by atoms with E-state index in [0.29, 0.717) is 4.68 Å². The van der Waals surface area contributed by atoms with Crippen LogP contribution in [-0.4, -0.2) is 33.5 Å². The number of alkyl halides is 2. The second-order valence-electron chi connectivity index (χ2n) is 6.37. The van der Waals surface area contributed by atoms with Gasteiger partial charge in [0.2, 0.25) is 0 Å². The third-order valence-electron chi connectivity index (χ3n) is 4.20. The number of hydrogen-bond donors (Lipinski definition) is 1. The van der Waals surface area contributed by atoms with Gasteiger partial charge >= 0.3 is 18.2 Å². The van der Waals surface area contributed by atoms with Gasteiger partial charge in [0.15, 0.2) is 29.7 Å². The molecule has 0 radical (unpaired) electrons. The Balaban J connectivity index is 1.96. The maximum absolute atomic E-state index is 14.5. The summed E-state index contributed by atoms with van der Waals surface area (Å²) in [5.74, 6) is -1.66. The van der Waals surface area contributed by atoms with Gasteiger partial charge in [0.25, 0.3) is 0 Å². The number of nitrogen functional groups attached to an aromatic ring is 1. The monoisotopic (exact) mass is 452 g/mol. The van der Waals surface area contributed by atoms with E-state index in [2.05, 4.69) is 5.10 Å². The van der Waals surface area contributed by atoms with Crippen LogP contribution in [0.25, 0.3) is 5.69 Å². The number of rotatable bonds is 8. The average molecular weight is 452 g/mol. The minimum Gasteiger partial charge on any atom is -0.478 e. The number of aryl methyl sites for hydroxylation is 1. The summed E-state index contributed by atoms with van der Waals surface area (Å²) < 4.78 is 57.2.